The fourth-order valence-corrected chi connectivity index (χ4v) is 4.79. The maximum atomic E-state index is 9.75. The van der Waals surface area contributed by atoms with E-state index in [-0.39, 0.29) is 6.10 Å². The highest BCUT2D eigenvalue weighted by molar-refractivity contribution is 5.72. The van der Waals surface area contributed by atoms with Crippen LogP contribution in [0.25, 0.3) is 11.4 Å². The van der Waals surface area contributed by atoms with Crippen LogP contribution in [0.3, 0.4) is 0 Å². The molecule has 1 aliphatic heterocycles. The number of anilines is 1. The van der Waals surface area contributed by atoms with Gasteiger partial charge in [0.05, 0.1) is 24.5 Å². The van der Waals surface area contributed by atoms with Crippen molar-refractivity contribution in [3.05, 3.63) is 29.0 Å². The molecule has 7 nitrogen and oxygen atoms in total. The molecular formula is C27H42N4O3. The second-order valence-electron chi connectivity index (χ2n) is 9.35. The molecule has 3 rings (SSSR count). The molecule has 0 aliphatic carbocycles. The van der Waals surface area contributed by atoms with Crippen LogP contribution in [0, 0.1) is 20.8 Å². The maximum Gasteiger partial charge on any atom is 0.241 e. The Morgan fingerprint density at radius 3 is 2.35 bits per heavy atom. The molecule has 1 aromatic heterocycles. The van der Waals surface area contributed by atoms with Gasteiger partial charge in [-0.05, 0) is 63.6 Å². The van der Waals surface area contributed by atoms with Crippen molar-refractivity contribution in [2.24, 2.45) is 0 Å². The second kappa shape index (κ2) is 12.4. The van der Waals surface area contributed by atoms with E-state index in [1.165, 1.54) is 0 Å². The lowest BCUT2D eigenvalue weighted by atomic mass is 10.0. The molecule has 1 fully saturated rings. The molecule has 0 atom stereocenters. The first-order chi connectivity index (χ1) is 16.4. The Kier molecular flexibility index (Phi) is 9.54. The standard InChI is InChI=1S/C27H42N4O3/c1-7-11-31(12-8-2)25-21(5)28-26(29-27(25)33-6)24-20(4)17-19(3)18-23(24)34-16-15-30-13-9-22(32)10-14-30/h17-18,22,32H,7-16H2,1-6H3. The van der Waals surface area contributed by atoms with E-state index in [1.54, 1.807) is 7.11 Å². The summed E-state index contributed by atoms with van der Waals surface area (Å²) in [5, 5.41) is 9.75. The van der Waals surface area contributed by atoms with Crippen LogP contribution in [-0.2, 0) is 0 Å². The topological polar surface area (TPSA) is 71.0 Å². The number of nitrogens with zero attached hydrogens (tertiary/aromatic N) is 4. The van der Waals surface area contributed by atoms with Gasteiger partial charge in [0, 0.05) is 32.7 Å². The van der Waals surface area contributed by atoms with Crippen LogP contribution in [0.1, 0.15) is 56.4 Å². The third-order valence-electron chi connectivity index (χ3n) is 6.41. The van der Waals surface area contributed by atoms with Crippen LogP contribution in [0.4, 0.5) is 5.69 Å². The minimum Gasteiger partial charge on any atom is -0.491 e. The minimum atomic E-state index is -0.160. The molecule has 0 spiro atoms. The van der Waals surface area contributed by atoms with Gasteiger partial charge in [-0.2, -0.15) is 4.98 Å². The minimum absolute atomic E-state index is 0.160. The van der Waals surface area contributed by atoms with Crippen molar-refractivity contribution >= 4 is 5.69 Å². The number of aromatic nitrogens is 2. The Hall–Kier alpha value is -2.38. The molecule has 1 aliphatic rings. The summed E-state index contributed by atoms with van der Waals surface area (Å²) < 4.78 is 12.1. The van der Waals surface area contributed by atoms with Crippen LogP contribution < -0.4 is 14.4 Å². The fourth-order valence-electron chi connectivity index (χ4n) is 4.79. The third kappa shape index (κ3) is 6.39. The van der Waals surface area contributed by atoms with Crippen molar-refractivity contribution in [2.75, 3.05) is 51.3 Å². The van der Waals surface area contributed by atoms with Crippen molar-refractivity contribution in [3.63, 3.8) is 0 Å². The number of methoxy groups -OCH3 is 1. The number of piperidine rings is 1. The molecule has 0 saturated carbocycles. The Bertz CT molecular complexity index is 936. The van der Waals surface area contributed by atoms with Gasteiger partial charge < -0.3 is 19.5 Å². The number of hydrogen-bond donors (Lipinski definition) is 1. The Morgan fingerprint density at radius 1 is 1.06 bits per heavy atom. The SMILES string of the molecule is CCCN(CCC)c1c(C)nc(-c2c(C)cc(C)cc2OCCN2CCC(O)CC2)nc1OC. The summed E-state index contributed by atoms with van der Waals surface area (Å²) in [6.45, 7) is 15.7. The molecule has 0 unspecified atom stereocenters. The molecule has 2 heterocycles. The third-order valence-corrected chi connectivity index (χ3v) is 6.41. The first kappa shape index (κ1) is 26.2. The molecule has 188 valence electrons. The van der Waals surface area contributed by atoms with Crippen LogP contribution in [-0.4, -0.2) is 72.5 Å². The van der Waals surface area contributed by atoms with Gasteiger partial charge in [-0.1, -0.05) is 19.9 Å². The van der Waals surface area contributed by atoms with Crippen LogP contribution in [0.15, 0.2) is 12.1 Å². The van der Waals surface area contributed by atoms with Gasteiger partial charge in [0.1, 0.15) is 18.0 Å². The van der Waals surface area contributed by atoms with Crippen molar-refractivity contribution in [1.82, 2.24) is 14.9 Å². The smallest absolute Gasteiger partial charge is 0.241 e. The number of likely N-dealkylation sites (tertiary alicyclic amines) is 1. The highest BCUT2D eigenvalue weighted by atomic mass is 16.5. The highest BCUT2D eigenvalue weighted by Crippen LogP contribution is 2.37. The average Bonchev–Trinajstić information content (AvgIpc) is 2.79. The lowest BCUT2D eigenvalue weighted by Crippen LogP contribution is -2.38. The number of hydrogen-bond acceptors (Lipinski definition) is 7. The first-order valence-corrected chi connectivity index (χ1v) is 12.7. The molecule has 1 saturated heterocycles. The molecule has 0 amide bonds. The normalized spacial score (nSPS) is 14.9. The monoisotopic (exact) mass is 470 g/mol. The van der Waals surface area contributed by atoms with Gasteiger partial charge >= 0.3 is 0 Å². The lowest BCUT2D eigenvalue weighted by Gasteiger charge is -2.29. The summed E-state index contributed by atoms with van der Waals surface area (Å²) >= 11 is 0. The molecule has 34 heavy (non-hydrogen) atoms. The quantitative estimate of drug-likeness (QED) is 0.517. The van der Waals surface area contributed by atoms with E-state index in [2.05, 4.69) is 49.6 Å². The summed E-state index contributed by atoms with van der Waals surface area (Å²) in [4.78, 5) is 14.5. The number of aryl methyl sites for hydroxylation is 3. The van der Waals surface area contributed by atoms with Gasteiger partial charge in [-0.3, -0.25) is 4.90 Å². The zero-order valence-corrected chi connectivity index (χ0v) is 21.9. The number of aliphatic hydroxyl groups excluding tert-OH is 1. The predicted molar refractivity (Wildman–Crippen MR) is 138 cm³/mol. The zero-order valence-electron chi connectivity index (χ0n) is 21.9. The lowest BCUT2D eigenvalue weighted by molar-refractivity contribution is 0.0755. The van der Waals surface area contributed by atoms with Gasteiger partial charge in [-0.25, -0.2) is 4.98 Å². The average molecular weight is 471 g/mol. The highest BCUT2D eigenvalue weighted by Gasteiger charge is 2.22. The van der Waals surface area contributed by atoms with E-state index in [9.17, 15) is 5.11 Å². The van der Waals surface area contributed by atoms with Crippen molar-refractivity contribution < 1.29 is 14.6 Å². The van der Waals surface area contributed by atoms with E-state index >= 15 is 0 Å². The molecule has 1 N–H and O–H groups in total. The van der Waals surface area contributed by atoms with Crippen molar-refractivity contribution in [3.8, 4) is 23.0 Å². The summed E-state index contributed by atoms with van der Waals surface area (Å²) in [7, 11) is 1.68. The largest absolute Gasteiger partial charge is 0.491 e. The van der Waals surface area contributed by atoms with Gasteiger partial charge in [-0.15, -0.1) is 0 Å². The van der Waals surface area contributed by atoms with Crippen molar-refractivity contribution in [1.29, 1.82) is 0 Å². The molecule has 7 heteroatoms. The molecular weight excluding hydrogens is 428 g/mol. The summed E-state index contributed by atoms with van der Waals surface area (Å²) in [6, 6.07) is 4.22. The van der Waals surface area contributed by atoms with E-state index in [0.29, 0.717) is 18.3 Å². The Balaban J connectivity index is 1.90. The Labute approximate surface area is 205 Å². The predicted octanol–water partition coefficient (Wildman–Crippen LogP) is 4.54. The molecule has 0 bridgehead atoms. The van der Waals surface area contributed by atoms with E-state index in [4.69, 9.17) is 19.4 Å². The van der Waals surface area contributed by atoms with Crippen LogP contribution in [0.2, 0.25) is 0 Å². The van der Waals surface area contributed by atoms with E-state index in [1.807, 2.05) is 6.92 Å². The number of ether oxygens (including phenoxy) is 2. The first-order valence-electron chi connectivity index (χ1n) is 12.7. The summed E-state index contributed by atoms with van der Waals surface area (Å²) in [6.07, 6.45) is 3.61. The second-order valence-corrected chi connectivity index (χ2v) is 9.35. The van der Waals surface area contributed by atoms with Gasteiger partial charge in [0.15, 0.2) is 5.82 Å². The van der Waals surface area contributed by atoms with Crippen LogP contribution >= 0.6 is 0 Å². The molecule has 2 aromatic rings. The van der Waals surface area contributed by atoms with Crippen LogP contribution in [0.5, 0.6) is 11.6 Å². The number of aliphatic hydroxyl groups is 1. The zero-order chi connectivity index (χ0) is 24.7. The van der Waals surface area contributed by atoms with Gasteiger partial charge in [0.25, 0.3) is 0 Å². The molecule has 0 radical (unpaired) electrons. The maximum absolute atomic E-state index is 9.75. The number of benzene rings is 1. The van der Waals surface area contributed by atoms with E-state index < -0.39 is 0 Å². The molecule has 1 aromatic carbocycles. The fraction of sp³-hybridized carbons (Fsp3) is 0.630. The summed E-state index contributed by atoms with van der Waals surface area (Å²) in [5.41, 5.74) is 5.06. The van der Waals surface area contributed by atoms with E-state index in [0.717, 1.165) is 92.2 Å². The number of rotatable bonds is 11. The van der Waals surface area contributed by atoms with Crippen molar-refractivity contribution in [2.45, 2.75) is 66.4 Å². The van der Waals surface area contributed by atoms with Gasteiger partial charge in [0.2, 0.25) is 5.88 Å². The Morgan fingerprint density at radius 2 is 1.74 bits per heavy atom. The summed E-state index contributed by atoms with van der Waals surface area (Å²) in [5.74, 6) is 2.06.